The molecule has 108 valence electrons. The van der Waals surface area contributed by atoms with Crippen molar-refractivity contribution in [2.75, 3.05) is 6.61 Å². The largest absolute Gasteiger partial charge is 0.512 e. The van der Waals surface area contributed by atoms with Crippen molar-refractivity contribution in [1.82, 2.24) is 9.97 Å². The molecule has 21 heavy (non-hydrogen) atoms. The number of rotatable bonds is 4. The highest BCUT2D eigenvalue weighted by atomic mass is 16.5. The number of hydrogen-bond donors (Lipinski definition) is 1. The van der Waals surface area contributed by atoms with Gasteiger partial charge < -0.3 is 9.84 Å². The van der Waals surface area contributed by atoms with E-state index in [-0.39, 0.29) is 17.9 Å². The zero-order valence-electron chi connectivity index (χ0n) is 11.8. The van der Waals surface area contributed by atoms with Gasteiger partial charge in [0.1, 0.15) is 11.3 Å². The lowest BCUT2D eigenvalue weighted by Crippen LogP contribution is -2.10. The number of nitrogens with zero attached hydrogens (tertiary/aromatic N) is 3. The van der Waals surface area contributed by atoms with Crippen molar-refractivity contribution >= 4 is 28.9 Å². The van der Waals surface area contributed by atoms with E-state index in [1.807, 2.05) is 0 Å². The van der Waals surface area contributed by atoms with E-state index >= 15 is 0 Å². The zero-order chi connectivity index (χ0) is 15.2. The minimum Gasteiger partial charge on any atom is -0.512 e. The van der Waals surface area contributed by atoms with Gasteiger partial charge in [-0.1, -0.05) is 0 Å². The maximum atomic E-state index is 11.7. The van der Waals surface area contributed by atoms with Crippen LogP contribution in [0, 0.1) is 0 Å². The Kier molecular flexibility index (Phi) is 4.61. The smallest absolute Gasteiger partial charge is 0.343 e. The molecule has 1 heterocycles. The van der Waals surface area contributed by atoms with E-state index in [1.165, 1.54) is 13.1 Å². The lowest BCUT2D eigenvalue weighted by Gasteiger charge is -2.03. The first-order valence-electron chi connectivity index (χ1n) is 6.43. The van der Waals surface area contributed by atoms with Crippen LogP contribution in [0.2, 0.25) is 0 Å². The molecule has 0 fully saturated rings. The summed E-state index contributed by atoms with van der Waals surface area (Å²) in [4.78, 5) is 24.2. The Balaban J connectivity index is 2.28. The van der Waals surface area contributed by atoms with Crippen LogP contribution < -0.4 is 0 Å². The van der Waals surface area contributed by atoms with E-state index < -0.39 is 5.97 Å². The molecule has 0 aliphatic heterocycles. The first-order chi connectivity index (χ1) is 10.1. The van der Waals surface area contributed by atoms with Crippen LogP contribution in [-0.4, -0.2) is 33.9 Å². The topological polar surface area (TPSA) is 84.7 Å². The Morgan fingerprint density at radius 3 is 2.71 bits per heavy atom. The van der Waals surface area contributed by atoms with Gasteiger partial charge in [0, 0.05) is 18.6 Å². The van der Waals surface area contributed by atoms with Crippen molar-refractivity contribution in [2.24, 2.45) is 4.99 Å². The van der Waals surface area contributed by atoms with Gasteiger partial charge in [-0.25, -0.2) is 4.79 Å². The normalized spacial score (nSPS) is 12.5. The molecule has 6 nitrogen and oxygen atoms in total. The third-order valence-electron chi connectivity index (χ3n) is 2.68. The first kappa shape index (κ1) is 14.6. The third-order valence-corrected chi connectivity index (χ3v) is 2.68. The van der Waals surface area contributed by atoms with E-state index in [9.17, 15) is 9.90 Å². The van der Waals surface area contributed by atoms with E-state index in [2.05, 4.69) is 15.0 Å². The number of aliphatic hydroxyl groups is 1. The quantitative estimate of drug-likeness (QED) is 0.404. The lowest BCUT2D eigenvalue weighted by atomic mass is 10.2. The van der Waals surface area contributed by atoms with Crippen LogP contribution in [0.3, 0.4) is 0 Å². The van der Waals surface area contributed by atoms with Gasteiger partial charge in [0.25, 0.3) is 0 Å². The molecule has 2 aromatic rings. The van der Waals surface area contributed by atoms with Gasteiger partial charge in [0.2, 0.25) is 0 Å². The number of aliphatic imine (C=N–C) groups is 1. The molecule has 0 saturated carbocycles. The van der Waals surface area contributed by atoms with E-state index in [1.54, 1.807) is 37.5 Å². The third kappa shape index (κ3) is 3.62. The highest BCUT2D eigenvalue weighted by Crippen LogP contribution is 2.18. The monoisotopic (exact) mass is 285 g/mol. The summed E-state index contributed by atoms with van der Waals surface area (Å²) in [6, 6.07) is 5.28. The highest BCUT2D eigenvalue weighted by Gasteiger charge is 2.11. The molecule has 0 radical (unpaired) electrons. The second-order valence-electron chi connectivity index (χ2n) is 4.21. The maximum absolute atomic E-state index is 11.7. The van der Waals surface area contributed by atoms with Crippen LogP contribution in [0.5, 0.6) is 0 Å². The Morgan fingerprint density at radius 2 is 2.05 bits per heavy atom. The number of esters is 1. The number of aliphatic hydroxyl groups excluding tert-OH is 1. The van der Waals surface area contributed by atoms with Gasteiger partial charge >= 0.3 is 5.97 Å². The molecule has 0 amide bonds. The van der Waals surface area contributed by atoms with Crippen LogP contribution >= 0.6 is 0 Å². The summed E-state index contributed by atoms with van der Waals surface area (Å²) < 4.78 is 4.85. The first-order valence-corrected chi connectivity index (χ1v) is 6.43. The summed E-state index contributed by atoms with van der Waals surface area (Å²) in [6.07, 6.45) is 4.49. The SMILES string of the molecule is CCOC(=O)C(C=Nc1ccc2nccnc2c1)=C(C)O. The minimum absolute atomic E-state index is 0.0242. The molecule has 0 unspecified atom stereocenters. The van der Waals surface area contributed by atoms with E-state index in [0.717, 1.165) is 5.52 Å². The van der Waals surface area contributed by atoms with Crippen LogP contribution in [0.15, 0.2) is 46.9 Å². The zero-order valence-corrected chi connectivity index (χ0v) is 11.8. The summed E-state index contributed by atoms with van der Waals surface area (Å²) in [5, 5.41) is 9.52. The number of carbonyl (C=O) groups is 1. The van der Waals surface area contributed by atoms with Crippen LogP contribution in [-0.2, 0) is 9.53 Å². The van der Waals surface area contributed by atoms with Crippen LogP contribution in [0.4, 0.5) is 5.69 Å². The molecule has 0 atom stereocenters. The molecule has 0 aliphatic carbocycles. The molecule has 1 aromatic carbocycles. The Hall–Kier alpha value is -2.76. The summed E-state index contributed by atoms with van der Waals surface area (Å²) in [7, 11) is 0. The summed E-state index contributed by atoms with van der Waals surface area (Å²) in [5.74, 6) is -0.750. The standard InChI is InChI=1S/C15H15N3O3/c1-3-21-15(20)12(10(2)19)9-18-11-4-5-13-14(8-11)17-7-6-16-13/h4-9,19H,3H2,1-2H3. The van der Waals surface area contributed by atoms with Gasteiger partial charge in [-0.05, 0) is 32.0 Å². The van der Waals surface area contributed by atoms with Crippen molar-refractivity contribution in [2.45, 2.75) is 13.8 Å². The number of carbonyl (C=O) groups excluding carboxylic acids is 1. The fraction of sp³-hybridized carbons (Fsp3) is 0.200. The van der Waals surface area contributed by atoms with Crippen molar-refractivity contribution in [1.29, 1.82) is 0 Å². The second-order valence-corrected chi connectivity index (χ2v) is 4.21. The van der Waals surface area contributed by atoms with Crippen LogP contribution in [0.25, 0.3) is 11.0 Å². The molecule has 1 aromatic heterocycles. The Bertz CT molecular complexity index is 719. The molecule has 0 spiro atoms. The van der Waals surface area contributed by atoms with Gasteiger partial charge in [-0.15, -0.1) is 0 Å². The van der Waals surface area contributed by atoms with Crippen molar-refractivity contribution in [3.63, 3.8) is 0 Å². The molecule has 6 heteroatoms. The fourth-order valence-corrected chi connectivity index (χ4v) is 1.67. The predicted octanol–water partition coefficient (Wildman–Crippen LogP) is 2.73. The Morgan fingerprint density at radius 1 is 1.33 bits per heavy atom. The lowest BCUT2D eigenvalue weighted by molar-refractivity contribution is -0.138. The minimum atomic E-state index is -0.609. The fourth-order valence-electron chi connectivity index (χ4n) is 1.67. The molecule has 0 aliphatic rings. The van der Waals surface area contributed by atoms with Gasteiger partial charge in [-0.2, -0.15) is 0 Å². The number of benzene rings is 1. The second kappa shape index (κ2) is 6.60. The number of aromatic nitrogens is 2. The number of hydrogen-bond acceptors (Lipinski definition) is 6. The van der Waals surface area contributed by atoms with Crippen molar-refractivity contribution in [3.05, 3.63) is 41.9 Å². The maximum Gasteiger partial charge on any atom is 0.343 e. The summed E-state index contributed by atoms with van der Waals surface area (Å²) >= 11 is 0. The van der Waals surface area contributed by atoms with Gasteiger partial charge in [0.15, 0.2) is 0 Å². The number of ether oxygens (including phenoxy) is 1. The molecular formula is C15H15N3O3. The van der Waals surface area contributed by atoms with Crippen molar-refractivity contribution in [3.8, 4) is 0 Å². The summed E-state index contributed by atoms with van der Waals surface area (Å²) in [6.45, 7) is 3.33. The molecule has 0 saturated heterocycles. The average molecular weight is 285 g/mol. The van der Waals surface area contributed by atoms with Gasteiger partial charge in [0.05, 0.1) is 23.3 Å². The van der Waals surface area contributed by atoms with E-state index in [4.69, 9.17) is 4.74 Å². The summed E-state index contributed by atoms with van der Waals surface area (Å²) in [5.41, 5.74) is 2.09. The number of allylic oxidation sites excluding steroid dienone is 1. The highest BCUT2D eigenvalue weighted by molar-refractivity contribution is 6.10. The van der Waals surface area contributed by atoms with Crippen molar-refractivity contribution < 1.29 is 14.6 Å². The van der Waals surface area contributed by atoms with Gasteiger partial charge in [-0.3, -0.25) is 15.0 Å². The van der Waals surface area contributed by atoms with E-state index in [0.29, 0.717) is 11.2 Å². The Labute approximate surface area is 121 Å². The average Bonchev–Trinajstić information content (AvgIpc) is 2.47. The molecule has 1 N–H and O–H groups in total. The molecule has 0 bridgehead atoms. The van der Waals surface area contributed by atoms with Crippen LogP contribution in [0.1, 0.15) is 13.8 Å². The molecular weight excluding hydrogens is 270 g/mol. The predicted molar refractivity (Wildman–Crippen MR) is 79.7 cm³/mol. The number of fused-ring (bicyclic) bond motifs is 1. The molecule has 2 rings (SSSR count).